The molecule has 19 heavy (non-hydrogen) atoms. The number of nitrogens with zero attached hydrogens (tertiary/aromatic N) is 1. The maximum atomic E-state index is 13.4. The Hall–Kier alpha value is -1.70. The van der Waals surface area contributed by atoms with Crippen LogP contribution in [0.1, 0.15) is 17.3 Å². The zero-order valence-corrected chi connectivity index (χ0v) is 9.81. The lowest BCUT2D eigenvalue weighted by molar-refractivity contribution is 0.0718. The maximum Gasteiger partial charge on any atom is 0.260 e. The minimum absolute atomic E-state index is 0.0567. The third-order valence-electron chi connectivity index (χ3n) is 2.46. The van der Waals surface area contributed by atoms with Crippen LogP contribution in [0.15, 0.2) is 0 Å². The summed E-state index contributed by atoms with van der Waals surface area (Å²) in [5.41, 5.74) is -1.52. The summed E-state index contributed by atoms with van der Waals surface area (Å²) < 4.78 is 65.4. The number of halogens is 5. The molecule has 0 unspecified atom stereocenters. The van der Waals surface area contributed by atoms with Crippen LogP contribution in [0, 0.1) is 29.1 Å². The van der Waals surface area contributed by atoms with Crippen molar-refractivity contribution in [3.63, 3.8) is 0 Å². The molecule has 1 aromatic rings. The third-order valence-corrected chi connectivity index (χ3v) is 2.46. The fourth-order valence-corrected chi connectivity index (χ4v) is 1.47. The molecule has 0 aromatic heterocycles. The lowest BCUT2D eigenvalue weighted by Crippen LogP contribution is -2.35. The molecule has 0 saturated carbocycles. The highest BCUT2D eigenvalue weighted by Crippen LogP contribution is 2.24. The van der Waals surface area contributed by atoms with Crippen molar-refractivity contribution in [1.29, 1.82) is 0 Å². The molecule has 1 aromatic carbocycles. The second-order valence-electron chi connectivity index (χ2n) is 3.55. The average molecular weight is 283 g/mol. The summed E-state index contributed by atoms with van der Waals surface area (Å²) in [5.74, 6) is -12.4. The van der Waals surface area contributed by atoms with Crippen LogP contribution in [0.5, 0.6) is 0 Å². The van der Waals surface area contributed by atoms with E-state index < -0.39 is 47.2 Å². The zero-order chi connectivity index (χ0) is 14.7. The van der Waals surface area contributed by atoms with E-state index >= 15 is 0 Å². The highest BCUT2D eigenvalue weighted by Gasteiger charge is 2.31. The number of carbonyl (C=O) groups excluding carboxylic acids is 1. The Morgan fingerprint density at radius 2 is 1.42 bits per heavy atom. The number of amides is 1. The SMILES string of the molecule is CCN(CCO)C(=O)c1c(F)c(F)c(F)c(F)c1F. The molecule has 0 aliphatic carbocycles. The van der Waals surface area contributed by atoms with Gasteiger partial charge in [0, 0.05) is 13.1 Å². The average Bonchev–Trinajstić information content (AvgIpc) is 2.40. The summed E-state index contributed by atoms with van der Waals surface area (Å²) in [6.45, 7) is 0.586. The Bertz CT molecular complexity index is 477. The second kappa shape index (κ2) is 5.96. The number of hydrogen-bond acceptors (Lipinski definition) is 2. The predicted octanol–water partition coefficient (Wildman–Crippen LogP) is 1.84. The fourth-order valence-electron chi connectivity index (χ4n) is 1.47. The molecular formula is C11H10F5NO2. The number of aliphatic hydroxyl groups excluding tert-OH is 1. The van der Waals surface area contributed by atoms with E-state index in [2.05, 4.69) is 0 Å². The molecule has 0 aliphatic heterocycles. The van der Waals surface area contributed by atoms with Gasteiger partial charge < -0.3 is 10.0 Å². The van der Waals surface area contributed by atoms with Crippen LogP contribution in [-0.4, -0.2) is 35.6 Å². The van der Waals surface area contributed by atoms with Gasteiger partial charge in [-0.2, -0.15) is 0 Å². The van der Waals surface area contributed by atoms with Crippen molar-refractivity contribution in [2.45, 2.75) is 6.92 Å². The molecule has 1 amide bonds. The van der Waals surface area contributed by atoms with Gasteiger partial charge >= 0.3 is 0 Å². The first-order chi connectivity index (χ1) is 8.86. The Kier molecular flexibility index (Phi) is 4.82. The van der Waals surface area contributed by atoms with E-state index in [1.165, 1.54) is 6.92 Å². The smallest absolute Gasteiger partial charge is 0.260 e. The van der Waals surface area contributed by atoms with Crippen LogP contribution in [-0.2, 0) is 0 Å². The molecule has 0 saturated heterocycles. The first kappa shape index (κ1) is 15.4. The van der Waals surface area contributed by atoms with E-state index in [1.54, 1.807) is 0 Å². The van der Waals surface area contributed by atoms with E-state index in [0.717, 1.165) is 4.90 Å². The Morgan fingerprint density at radius 3 is 1.79 bits per heavy atom. The summed E-state index contributed by atoms with van der Waals surface area (Å²) >= 11 is 0. The van der Waals surface area contributed by atoms with Crippen molar-refractivity contribution in [1.82, 2.24) is 4.90 Å². The van der Waals surface area contributed by atoms with Crippen LogP contribution < -0.4 is 0 Å². The van der Waals surface area contributed by atoms with E-state index in [0.29, 0.717) is 0 Å². The van der Waals surface area contributed by atoms with Crippen molar-refractivity contribution in [2.75, 3.05) is 19.7 Å². The van der Waals surface area contributed by atoms with Gasteiger partial charge in [0.2, 0.25) is 5.82 Å². The summed E-state index contributed by atoms with van der Waals surface area (Å²) in [6.07, 6.45) is 0. The highest BCUT2D eigenvalue weighted by molar-refractivity contribution is 5.94. The molecule has 1 rings (SSSR count). The topological polar surface area (TPSA) is 40.5 Å². The van der Waals surface area contributed by atoms with Crippen LogP contribution in [0.2, 0.25) is 0 Å². The molecule has 0 atom stereocenters. The molecule has 0 spiro atoms. The van der Waals surface area contributed by atoms with Crippen molar-refractivity contribution >= 4 is 5.91 Å². The Morgan fingerprint density at radius 1 is 1.00 bits per heavy atom. The third kappa shape index (κ3) is 2.67. The molecular weight excluding hydrogens is 273 g/mol. The van der Waals surface area contributed by atoms with Gasteiger partial charge in [-0.3, -0.25) is 4.79 Å². The van der Waals surface area contributed by atoms with Crippen molar-refractivity contribution < 1.29 is 31.9 Å². The molecule has 3 nitrogen and oxygen atoms in total. The van der Waals surface area contributed by atoms with E-state index in [9.17, 15) is 26.7 Å². The summed E-state index contributed by atoms with van der Waals surface area (Å²) in [4.78, 5) is 12.5. The summed E-state index contributed by atoms with van der Waals surface area (Å²) in [6, 6.07) is 0. The van der Waals surface area contributed by atoms with Crippen LogP contribution >= 0.6 is 0 Å². The molecule has 1 N–H and O–H groups in total. The first-order valence-corrected chi connectivity index (χ1v) is 5.28. The molecule has 106 valence electrons. The monoisotopic (exact) mass is 283 g/mol. The van der Waals surface area contributed by atoms with Gasteiger partial charge in [-0.25, -0.2) is 22.0 Å². The van der Waals surface area contributed by atoms with E-state index in [-0.39, 0.29) is 13.1 Å². The first-order valence-electron chi connectivity index (χ1n) is 5.28. The van der Waals surface area contributed by atoms with Gasteiger partial charge in [0.15, 0.2) is 23.3 Å². The lowest BCUT2D eigenvalue weighted by Gasteiger charge is -2.20. The second-order valence-corrected chi connectivity index (χ2v) is 3.55. The summed E-state index contributed by atoms with van der Waals surface area (Å²) in [5, 5.41) is 8.67. The molecule has 0 aliphatic rings. The van der Waals surface area contributed by atoms with Crippen molar-refractivity contribution in [3.8, 4) is 0 Å². The van der Waals surface area contributed by atoms with Gasteiger partial charge in [-0.1, -0.05) is 0 Å². The zero-order valence-electron chi connectivity index (χ0n) is 9.81. The normalized spacial score (nSPS) is 10.7. The van der Waals surface area contributed by atoms with Crippen LogP contribution in [0.3, 0.4) is 0 Å². The summed E-state index contributed by atoms with van der Waals surface area (Å²) in [7, 11) is 0. The molecule has 0 bridgehead atoms. The number of likely N-dealkylation sites (N-methyl/N-ethyl adjacent to an activating group) is 1. The Balaban J connectivity index is 3.38. The Labute approximate surface area is 105 Å². The number of aliphatic hydroxyl groups is 1. The maximum absolute atomic E-state index is 13.4. The van der Waals surface area contributed by atoms with Crippen molar-refractivity contribution in [2.24, 2.45) is 0 Å². The number of rotatable bonds is 4. The quantitative estimate of drug-likeness (QED) is 0.520. The van der Waals surface area contributed by atoms with Crippen LogP contribution in [0.25, 0.3) is 0 Å². The predicted molar refractivity (Wildman–Crippen MR) is 54.9 cm³/mol. The minimum Gasteiger partial charge on any atom is -0.395 e. The van der Waals surface area contributed by atoms with Crippen molar-refractivity contribution in [3.05, 3.63) is 34.6 Å². The van der Waals surface area contributed by atoms with Crippen LogP contribution in [0.4, 0.5) is 22.0 Å². The van der Waals surface area contributed by atoms with Gasteiger partial charge in [0.05, 0.1) is 6.61 Å². The van der Waals surface area contributed by atoms with Gasteiger partial charge in [0.1, 0.15) is 5.56 Å². The van der Waals surface area contributed by atoms with Gasteiger partial charge in [-0.05, 0) is 6.92 Å². The number of benzene rings is 1. The molecule has 0 radical (unpaired) electrons. The number of carbonyl (C=O) groups is 1. The highest BCUT2D eigenvalue weighted by atomic mass is 19.2. The standard InChI is InChI=1S/C11H10F5NO2/c1-2-17(3-4-18)11(19)5-6(12)8(14)10(16)9(15)7(5)13/h18H,2-4H2,1H3. The van der Waals surface area contributed by atoms with E-state index in [4.69, 9.17) is 5.11 Å². The number of hydrogen-bond donors (Lipinski definition) is 1. The van der Waals surface area contributed by atoms with Gasteiger partial charge in [-0.15, -0.1) is 0 Å². The minimum atomic E-state index is -2.32. The lowest BCUT2D eigenvalue weighted by atomic mass is 10.1. The molecule has 0 heterocycles. The fraction of sp³-hybridized carbons (Fsp3) is 0.364. The molecule has 8 heteroatoms. The largest absolute Gasteiger partial charge is 0.395 e. The van der Waals surface area contributed by atoms with E-state index in [1.807, 2.05) is 0 Å². The van der Waals surface area contributed by atoms with Gasteiger partial charge in [0.25, 0.3) is 5.91 Å². The molecule has 0 fully saturated rings.